The lowest BCUT2D eigenvalue weighted by Crippen LogP contribution is -2.38. The normalized spacial score (nSPS) is 22.4. The minimum absolute atomic E-state index is 0.119. The lowest BCUT2D eigenvalue weighted by Gasteiger charge is -2.30. The number of ether oxygens (including phenoxy) is 1. The fourth-order valence-electron chi connectivity index (χ4n) is 2.27. The van der Waals surface area contributed by atoms with E-state index in [0.29, 0.717) is 19.4 Å². The Labute approximate surface area is 103 Å². The molecule has 17 heavy (non-hydrogen) atoms. The summed E-state index contributed by atoms with van der Waals surface area (Å²) >= 11 is 0. The second-order valence-electron chi connectivity index (χ2n) is 4.88. The molecule has 0 aromatic rings. The minimum atomic E-state index is -2.88. The standard InChI is InChI=1S/C11H21NO4S/c1-12(2)8-10(11(13)16-3)9-4-6-17(14,15)7-5-9/h9-10H,4-8H2,1-3H3. The molecule has 0 bridgehead atoms. The molecule has 100 valence electrons. The zero-order valence-corrected chi connectivity index (χ0v) is 11.5. The summed E-state index contributed by atoms with van der Waals surface area (Å²) in [6, 6.07) is 0. The SMILES string of the molecule is COC(=O)C(CN(C)C)C1CCS(=O)(=O)CC1. The predicted molar refractivity (Wildman–Crippen MR) is 65.4 cm³/mol. The van der Waals surface area contributed by atoms with Crippen LogP contribution in [0.25, 0.3) is 0 Å². The monoisotopic (exact) mass is 263 g/mol. The molecule has 1 fully saturated rings. The predicted octanol–water partition coefficient (Wildman–Crippen LogP) is 0.162. The number of carbonyl (C=O) groups is 1. The van der Waals surface area contributed by atoms with Gasteiger partial charge in [0.25, 0.3) is 0 Å². The lowest BCUT2D eigenvalue weighted by atomic mass is 9.87. The van der Waals surface area contributed by atoms with Gasteiger partial charge in [0.15, 0.2) is 0 Å². The van der Waals surface area contributed by atoms with Gasteiger partial charge in [-0.2, -0.15) is 0 Å². The second kappa shape index (κ2) is 5.82. The largest absolute Gasteiger partial charge is 0.469 e. The Balaban J connectivity index is 2.68. The van der Waals surface area contributed by atoms with Crippen molar-refractivity contribution in [2.45, 2.75) is 12.8 Å². The summed E-state index contributed by atoms with van der Waals surface area (Å²) in [5, 5.41) is 0. The Kier molecular flexibility index (Phi) is 4.94. The number of methoxy groups -OCH3 is 1. The van der Waals surface area contributed by atoms with E-state index >= 15 is 0 Å². The second-order valence-corrected chi connectivity index (χ2v) is 7.18. The average molecular weight is 263 g/mol. The highest BCUT2D eigenvalue weighted by Crippen LogP contribution is 2.27. The molecule has 6 heteroatoms. The smallest absolute Gasteiger partial charge is 0.310 e. The van der Waals surface area contributed by atoms with Gasteiger partial charge in [-0.05, 0) is 32.9 Å². The summed E-state index contributed by atoms with van der Waals surface area (Å²) < 4.78 is 27.5. The third-order valence-electron chi connectivity index (χ3n) is 3.23. The first kappa shape index (κ1) is 14.4. The molecule has 0 amide bonds. The molecule has 1 unspecified atom stereocenters. The Bertz CT molecular complexity index is 350. The van der Waals surface area contributed by atoms with E-state index in [4.69, 9.17) is 4.74 Å². The maximum absolute atomic E-state index is 11.7. The van der Waals surface area contributed by atoms with Crippen LogP contribution in [-0.2, 0) is 19.4 Å². The molecular weight excluding hydrogens is 242 g/mol. The van der Waals surface area contributed by atoms with E-state index in [0.717, 1.165) is 0 Å². The third kappa shape index (κ3) is 4.27. The van der Waals surface area contributed by atoms with Crippen LogP contribution in [0, 0.1) is 11.8 Å². The molecule has 0 aliphatic carbocycles. The van der Waals surface area contributed by atoms with Gasteiger partial charge in [0, 0.05) is 6.54 Å². The van der Waals surface area contributed by atoms with Crippen LogP contribution >= 0.6 is 0 Å². The first-order valence-electron chi connectivity index (χ1n) is 5.78. The van der Waals surface area contributed by atoms with Gasteiger partial charge in [0.1, 0.15) is 9.84 Å². The van der Waals surface area contributed by atoms with E-state index < -0.39 is 9.84 Å². The Morgan fingerprint density at radius 3 is 2.29 bits per heavy atom. The number of nitrogens with zero attached hydrogens (tertiary/aromatic N) is 1. The van der Waals surface area contributed by atoms with Crippen molar-refractivity contribution in [3.63, 3.8) is 0 Å². The van der Waals surface area contributed by atoms with Gasteiger partial charge < -0.3 is 9.64 Å². The zero-order valence-electron chi connectivity index (χ0n) is 10.7. The highest BCUT2D eigenvalue weighted by Gasteiger charge is 2.34. The van der Waals surface area contributed by atoms with Gasteiger partial charge >= 0.3 is 5.97 Å². The van der Waals surface area contributed by atoms with Crippen molar-refractivity contribution in [3.05, 3.63) is 0 Å². The van der Waals surface area contributed by atoms with Gasteiger partial charge in [-0.1, -0.05) is 0 Å². The van der Waals surface area contributed by atoms with Crippen molar-refractivity contribution < 1.29 is 17.9 Å². The van der Waals surface area contributed by atoms with Crippen LogP contribution in [0.5, 0.6) is 0 Å². The summed E-state index contributed by atoms with van der Waals surface area (Å²) in [6.07, 6.45) is 1.13. The molecule has 1 rings (SSSR count). The maximum atomic E-state index is 11.7. The average Bonchev–Trinajstić information content (AvgIpc) is 2.25. The van der Waals surface area contributed by atoms with Crippen LogP contribution in [0.4, 0.5) is 0 Å². The number of carbonyl (C=O) groups excluding carboxylic acids is 1. The first-order chi connectivity index (χ1) is 7.85. The minimum Gasteiger partial charge on any atom is -0.469 e. The number of sulfone groups is 1. The summed E-state index contributed by atoms with van der Waals surface area (Å²) in [5.74, 6) is 0.0545. The molecule has 0 saturated carbocycles. The molecule has 0 aromatic heterocycles. The first-order valence-corrected chi connectivity index (χ1v) is 7.61. The van der Waals surface area contributed by atoms with Crippen LogP contribution in [-0.4, -0.2) is 58.5 Å². The molecule has 1 atom stereocenters. The fraction of sp³-hybridized carbons (Fsp3) is 0.909. The summed E-state index contributed by atoms with van der Waals surface area (Å²) in [4.78, 5) is 13.6. The van der Waals surface area contributed by atoms with Crippen LogP contribution in [0.2, 0.25) is 0 Å². The van der Waals surface area contributed by atoms with E-state index in [-0.39, 0.29) is 29.3 Å². The molecule has 1 aliphatic rings. The molecule has 0 spiro atoms. The van der Waals surface area contributed by atoms with Crippen LogP contribution in [0.1, 0.15) is 12.8 Å². The molecule has 0 aromatic carbocycles. The Hall–Kier alpha value is -0.620. The summed E-state index contributed by atoms with van der Waals surface area (Å²) in [5.41, 5.74) is 0. The van der Waals surface area contributed by atoms with Gasteiger partial charge in [-0.25, -0.2) is 8.42 Å². The van der Waals surface area contributed by atoms with Gasteiger partial charge in [0.2, 0.25) is 0 Å². The Morgan fingerprint density at radius 2 is 1.88 bits per heavy atom. The molecule has 0 radical (unpaired) electrons. The quantitative estimate of drug-likeness (QED) is 0.676. The van der Waals surface area contributed by atoms with Gasteiger partial charge in [0.05, 0.1) is 24.5 Å². The van der Waals surface area contributed by atoms with E-state index in [1.807, 2.05) is 19.0 Å². The fourth-order valence-corrected chi connectivity index (χ4v) is 3.80. The van der Waals surface area contributed by atoms with Crippen molar-refractivity contribution in [1.82, 2.24) is 4.90 Å². The summed E-state index contributed by atoms with van der Waals surface area (Å²) in [6.45, 7) is 0.609. The van der Waals surface area contributed by atoms with Gasteiger partial charge in [-0.3, -0.25) is 4.79 Å². The maximum Gasteiger partial charge on any atom is 0.310 e. The number of rotatable bonds is 4. The van der Waals surface area contributed by atoms with E-state index in [9.17, 15) is 13.2 Å². The molecule has 1 heterocycles. The number of hydrogen-bond acceptors (Lipinski definition) is 5. The number of hydrogen-bond donors (Lipinski definition) is 0. The molecule has 5 nitrogen and oxygen atoms in total. The summed E-state index contributed by atoms with van der Waals surface area (Å²) in [7, 11) is 2.30. The molecular formula is C11H21NO4S. The molecule has 0 N–H and O–H groups in total. The topological polar surface area (TPSA) is 63.7 Å². The number of esters is 1. The highest BCUT2D eigenvalue weighted by atomic mass is 32.2. The van der Waals surface area contributed by atoms with Gasteiger partial charge in [-0.15, -0.1) is 0 Å². The van der Waals surface area contributed by atoms with E-state index in [1.54, 1.807) is 0 Å². The van der Waals surface area contributed by atoms with Crippen molar-refractivity contribution in [2.24, 2.45) is 11.8 Å². The van der Waals surface area contributed by atoms with Crippen molar-refractivity contribution in [2.75, 3.05) is 39.3 Å². The van der Waals surface area contributed by atoms with Crippen molar-refractivity contribution in [1.29, 1.82) is 0 Å². The lowest BCUT2D eigenvalue weighted by molar-refractivity contribution is -0.148. The zero-order chi connectivity index (χ0) is 13.1. The van der Waals surface area contributed by atoms with E-state index in [2.05, 4.69) is 0 Å². The third-order valence-corrected chi connectivity index (χ3v) is 4.95. The van der Waals surface area contributed by atoms with Crippen molar-refractivity contribution in [3.8, 4) is 0 Å². The van der Waals surface area contributed by atoms with Crippen LogP contribution < -0.4 is 0 Å². The molecule has 1 aliphatic heterocycles. The molecule has 1 saturated heterocycles. The van der Waals surface area contributed by atoms with Crippen LogP contribution in [0.3, 0.4) is 0 Å². The van der Waals surface area contributed by atoms with Crippen LogP contribution in [0.15, 0.2) is 0 Å². The van der Waals surface area contributed by atoms with E-state index in [1.165, 1.54) is 7.11 Å². The Morgan fingerprint density at radius 1 is 1.35 bits per heavy atom. The van der Waals surface area contributed by atoms with Crippen molar-refractivity contribution >= 4 is 15.8 Å². The highest BCUT2D eigenvalue weighted by molar-refractivity contribution is 7.91.